The number of nitriles is 1. The van der Waals surface area contributed by atoms with E-state index in [2.05, 4.69) is 12.6 Å². The molecule has 0 spiro atoms. The molecule has 1 aromatic rings. The molecule has 0 N–H and O–H groups in total. The zero-order valence-electron chi connectivity index (χ0n) is 10.3. The first kappa shape index (κ1) is 13.7. The lowest BCUT2D eigenvalue weighted by atomic mass is 9.92. The minimum absolute atomic E-state index is 0.0661. The molecule has 0 radical (unpaired) electrons. The van der Waals surface area contributed by atoms with Crippen molar-refractivity contribution in [2.45, 2.75) is 19.3 Å². The second-order valence-corrected chi connectivity index (χ2v) is 4.02. The molecule has 94 valence electrons. The lowest BCUT2D eigenvalue weighted by Crippen LogP contribution is -2.02. The Balaban J connectivity index is 3.29. The highest BCUT2D eigenvalue weighted by atomic mass is 16.6. The van der Waals surface area contributed by atoms with Gasteiger partial charge in [-0.25, -0.2) is 0 Å². The van der Waals surface area contributed by atoms with Crippen LogP contribution in [-0.4, -0.2) is 12.0 Å². The molecule has 0 aliphatic rings. The van der Waals surface area contributed by atoms with E-state index in [-0.39, 0.29) is 5.69 Å². The maximum Gasteiger partial charge on any atom is 0.274 e. The number of nitro groups is 1. The normalized spacial score (nSPS) is 11.4. The van der Waals surface area contributed by atoms with E-state index < -0.39 is 10.8 Å². The van der Waals surface area contributed by atoms with E-state index >= 15 is 0 Å². The van der Waals surface area contributed by atoms with Gasteiger partial charge in [-0.3, -0.25) is 10.1 Å². The summed E-state index contributed by atoms with van der Waals surface area (Å²) in [4.78, 5) is 10.5. The van der Waals surface area contributed by atoms with Crippen molar-refractivity contribution in [3.8, 4) is 11.8 Å². The van der Waals surface area contributed by atoms with Gasteiger partial charge in [0, 0.05) is 6.07 Å². The molecule has 0 saturated heterocycles. The first-order valence-corrected chi connectivity index (χ1v) is 5.36. The van der Waals surface area contributed by atoms with Crippen LogP contribution in [-0.2, 0) is 0 Å². The number of methoxy groups -OCH3 is 1. The molecule has 0 heterocycles. The number of benzene rings is 1. The number of rotatable bonds is 5. The van der Waals surface area contributed by atoms with Crippen LogP contribution >= 0.6 is 0 Å². The fourth-order valence-electron chi connectivity index (χ4n) is 1.68. The summed E-state index contributed by atoms with van der Waals surface area (Å²) >= 11 is 0. The summed E-state index contributed by atoms with van der Waals surface area (Å²) in [7, 11) is 1.48. The number of ether oxygens (including phenoxy) is 1. The number of hydrogen-bond acceptors (Lipinski definition) is 4. The summed E-state index contributed by atoms with van der Waals surface area (Å²) in [5.41, 5.74) is 1.10. The van der Waals surface area contributed by atoms with Crippen molar-refractivity contribution in [2.24, 2.45) is 0 Å². The van der Waals surface area contributed by atoms with E-state index in [1.165, 1.54) is 25.3 Å². The molecule has 5 heteroatoms. The molecule has 1 aromatic carbocycles. The van der Waals surface area contributed by atoms with Crippen LogP contribution in [0.15, 0.2) is 30.4 Å². The smallest absolute Gasteiger partial charge is 0.274 e. The zero-order valence-corrected chi connectivity index (χ0v) is 10.3. The van der Waals surface area contributed by atoms with E-state index in [9.17, 15) is 10.1 Å². The van der Waals surface area contributed by atoms with Gasteiger partial charge in [-0.15, -0.1) is 6.58 Å². The molecular weight excluding hydrogens is 232 g/mol. The molecule has 0 amide bonds. The number of hydrogen-bond donors (Lipinski definition) is 0. The summed E-state index contributed by atoms with van der Waals surface area (Å²) in [5.74, 6) is -0.0874. The van der Waals surface area contributed by atoms with Crippen molar-refractivity contribution >= 4 is 5.69 Å². The molecule has 0 fully saturated rings. The van der Waals surface area contributed by atoms with Gasteiger partial charge in [-0.05, 0) is 25.5 Å². The highest BCUT2D eigenvalue weighted by Crippen LogP contribution is 2.33. The summed E-state index contributed by atoms with van der Waals surface area (Å²) in [5, 5.41) is 20.1. The zero-order chi connectivity index (χ0) is 13.7. The molecular formula is C13H14N2O3. The predicted octanol–water partition coefficient (Wildman–Crippen LogP) is 3.18. The summed E-state index contributed by atoms with van der Waals surface area (Å²) < 4.78 is 5.03. The lowest BCUT2D eigenvalue weighted by molar-refractivity contribution is -0.385. The van der Waals surface area contributed by atoms with Gasteiger partial charge in [-0.1, -0.05) is 5.57 Å². The average Bonchev–Trinajstić information content (AvgIpc) is 2.34. The average molecular weight is 246 g/mol. The van der Waals surface area contributed by atoms with Crippen molar-refractivity contribution < 1.29 is 9.66 Å². The van der Waals surface area contributed by atoms with Crippen molar-refractivity contribution in [1.82, 2.24) is 0 Å². The predicted molar refractivity (Wildman–Crippen MR) is 67.4 cm³/mol. The van der Waals surface area contributed by atoms with Crippen LogP contribution in [0.25, 0.3) is 0 Å². The third kappa shape index (κ3) is 3.08. The van der Waals surface area contributed by atoms with Gasteiger partial charge in [0.25, 0.3) is 5.69 Å². The Bertz CT molecular complexity index is 517. The minimum atomic E-state index is -0.585. The van der Waals surface area contributed by atoms with Gasteiger partial charge in [0.1, 0.15) is 5.75 Å². The molecule has 0 aliphatic heterocycles. The van der Waals surface area contributed by atoms with Gasteiger partial charge < -0.3 is 4.74 Å². The van der Waals surface area contributed by atoms with E-state index in [0.717, 1.165) is 5.57 Å². The van der Waals surface area contributed by atoms with Gasteiger partial charge in [-0.2, -0.15) is 5.26 Å². The lowest BCUT2D eigenvalue weighted by Gasteiger charge is -2.11. The SMILES string of the molecule is C=C(C)CC(C#N)c1cc(OC)ccc1[N+](=O)[O-]. The van der Waals surface area contributed by atoms with Crippen LogP contribution < -0.4 is 4.74 Å². The summed E-state index contributed by atoms with van der Waals surface area (Å²) in [6.45, 7) is 5.52. The fourth-order valence-corrected chi connectivity index (χ4v) is 1.68. The first-order valence-electron chi connectivity index (χ1n) is 5.36. The molecule has 0 aliphatic carbocycles. The summed E-state index contributed by atoms with van der Waals surface area (Å²) in [6, 6.07) is 6.48. The number of allylic oxidation sites excluding steroid dienone is 1. The van der Waals surface area contributed by atoms with Crippen LogP contribution in [0, 0.1) is 21.4 Å². The highest BCUT2D eigenvalue weighted by molar-refractivity contribution is 5.49. The van der Waals surface area contributed by atoms with Crippen molar-refractivity contribution in [2.75, 3.05) is 7.11 Å². The monoisotopic (exact) mass is 246 g/mol. The van der Waals surface area contributed by atoms with Gasteiger partial charge >= 0.3 is 0 Å². The fraction of sp³-hybridized carbons (Fsp3) is 0.308. The molecule has 0 bridgehead atoms. The van der Waals surface area contributed by atoms with E-state index in [0.29, 0.717) is 17.7 Å². The van der Waals surface area contributed by atoms with Crippen molar-refractivity contribution in [1.29, 1.82) is 5.26 Å². The van der Waals surface area contributed by atoms with Crippen LogP contribution in [0.4, 0.5) is 5.69 Å². The first-order chi connectivity index (χ1) is 8.49. The van der Waals surface area contributed by atoms with Crippen molar-refractivity contribution in [3.63, 3.8) is 0 Å². The second-order valence-electron chi connectivity index (χ2n) is 4.02. The Morgan fingerprint density at radius 3 is 2.78 bits per heavy atom. The second kappa shape index (κ2) is 5.82. The van der Waals surface area contributed by atoms with E-state index in [1.807, 2.05) is 0 Å². The molecule has 1 unspecified atom stereocenters. The van der Waals surface area contributed by atoms with Crippen LogP contribution in [0.5, 0.6) is 5.75 Å². The van der Waals surface area contributed by atoms with Crippen molar-refractivity contribution in [3.05, 3.63) is 46.0 Å². The van der Waals surface area contributed by atoms with Gasteiger partial charge in [0.05, 0.1) is 29.6 Å². The molecule has 1 rings (SSSR count). The van der Waals surface area contributed by atoms with Crippen LogP contribution in [0.1, 0.15) is 24.8 Å². The molecule has 0 aromatic heterocycles. The van der Waals surface area contributed by atoms with Crippen LogP contribution in [0.3, 0.4) is 0 Å². The highest BCUT2D eigenvalue weighted by Gasteiger charge is 2.22. The van der Waals surface area contributed by atoms with E-state index in [1.54, 1.807) is 6.92 Å². The maximum atomic E-state index is 11.0. The third-order valence-corrected chi connectivity index (χ3v) is 2.52. The molecule has 5 nitrogen and oxygen atoms in total. The number of nitro benzene ring substituents is 1. The van der Waals surface area contributed by atoms with E-state index in [4.69, 9.17) is 10.00 Å². The van der Waals surface area contributed by atoms with Gasteiger partial charge in [0.2, 0.25) is 0 Å². The standard InChI is InChI=1S/C13H14N2O3/c1-9(2)6-10(8-14)12-7-11(18-3)4-5-13(12)15(16)17/h4-5,7,10H,1,6H2,2-3H3. The molecule has 1 atom stereocenters. The Kier molecular flexibility index (Phi) is 4.44. The Morgan fingerprint density at radius 2 is 2.33 bits per heavy atom. The number of nitrogens with zero attached hydrogens (tertiary/aromatic N) is 2. The Labute approximate surface area is 105 Å². The van der Waals surface area contributed by atoms with Crippen LogP contribution in [0.2, 0.25) is 0 Å². The quantitative estimate of drug-likeness (QED) is 0.454. The summed E-state index contributed by atoms with van der Waals surface area (Å²) in [6.07, 6.45) is 0.393. The maximum absolute atomic E-state index is 11.0. The van der Waals surface area contributed by atoms with Gasteiger partial charge in [0.15, 0.2) is 0 Å². The largest absolute Gasteiger partial charge is 0.497 e. The Hall–Kier alpha value is -2.35. The Morgan fingerprint density at radius 1 is 1.67 bits per heavy atom. The topological polar surface area (TPSA) is 76.2 Å². The third-order valence-electron chi connectivity index (χ3n) is 2.52. The molecule has 18 heavy (non-hydrogen) atoms. The molecule has 0 saturated carbocycles. The minimum Gasteiger partial charge on any atom is -0.497 e.